The molecule has 0 atom stereocenters. The van der Waals surface area contributed by atoms with Gasteiger partial charge in [0.15, 0.2) is 0 Å². The molecule has 0 fully saturated rings. The van der Waals surface area contributed by atoms with Crippen LogP contribution < -0.4 is 4.90 Å². The van der Waals surface area contributed by atoms with Crippen molar-refractivity contribution < 1.29 is 0 Å². The molecule has 0 aliphatic rings. The van der Waals surface area contributed by atoms with E-state index >= 15 is 0 Å². The van der Waals surface area contributed by atoms with Crippen LogP contribution in [0.15, 0.2) is 206 Å². The quantitative estimate of drug-likeness (QED) is 0.166. The third-order valence-corrected chi connectivity index (χ3v) is 12.1. The Labute approximate surface area is 323 Å². The maximum atomic E-state index is 2.44. The molecule has 2 aromatic heterocycles. The average molecular weight is 719 g/mol. The van der Waals surface area contributed by atoms with Crippen LogP contribution in [0.2, 0.25) is 0 Å². The molecule has 0 aliphatic heterocycles. The fourth-order valence-electron chi connectivity index (χ4n) is 8.38. The molecular formula is C52H34N2S. The van der Waals surface area contributed by atoms with Gasteiger partial charge in [-0.25, -0.2) is 0 Å². The van der Waals surface area contributed by atoms with E-state index < -0.39 is 0 Å². The molecule has 55 heavy (non-hydrogen) atoms. The maximum Gasteiger partial charge on any atom is 0.0547 e. The summed E-state index contributed by atoms with van der Waals surface area (Å²) in [5.41, 5.74) is 11.7. The molecule has 2 nitrogen and oxygen atoms in total. The van der Waals surface area contributed by atoms with Crippen molar-refractivity contribution in [2.75, 3.05) is 4.90 Å². The summed E-state index contributed by atoms with van der Waals surface area (Å²) < 4.78 is 5.10. The van der Waals surface area contributed by atoms with Gasteiger partial charge in [0.05, 0.1) is 11.0 Å². The Morgan fingerprint density at radius 2 is 0.964 bits per heavy atom. The van der Waals surface area contributed by atoms with Gasteiger partial charge in [-0.3, -0.25) is 0 Å². The largest absolute Gasteiger partial charge is 0.310 e. The van der Waals surface area contributed by atoms with Gasteiger partial charge in [0.1, 0.15) is 0 Å². The normalized spacial score (nSPS) is 11.6. The summed E-state index contributed by atoms with van der Waals surface area (Å²) in [6.45, 7) is 0. The summed E-state index contributed by atoms with van der Waals surface area (Å²) in [7, 11) is 0. The number of anilines is 3. The van der Waals surface area contributed by atoms with E-state index in [0.29, 0.717) is 0 Å². The molecule has 9 aromatic carbocycles. The zero-order valence-electron chi connectivity index (χ0n) is 29.9. The van der Waals surface area contributed by atoms with Crippen LogP contribution in [0, 0.1) is 0 Å². The van der Waals surface area contributed by atoms with Crippen LogP contribution in [0.25, 0.3) is 80.7 Å². The van der Waals surface area contributed by atoms with Crippen molar-refractivity contribution in [1.29, 1.82) is 0 Å². The van der Waals surface area contributed by atoms with Gasteiger partial charge in [-0.15, -0.1) is 11.3 Å². The molecule has 0 bridgehead atoms. The van der Waals surface area contributed by atoms with Crippen LogP contribution in [-0.4, -0.2) is 4.57 Å². The van der Waals surface area contributed by atoms with Crippen molar-refractivity contribution in [3.63, 3.8) is 0 Å². The zero-order chi connectivity index (χ0) is 36.3. The Balaban J connectivity index is 1.08. The summed E-state index contributed by atoms with van der Waals surface area (Å²) in [6, 6.07) is 75.1. The van der Waals surface area contributed by atoms with E-state index in [9.17, 15) is 0 Å². The smallest absolute Gasteiger partial charge is 0.0547 e. The molecule has 2 heterocycles. The number of hydrogen-bond donors (Lipinski definition) is 0. The van der Waals surface area contributed by atoms with E-state index in [2.05, 4.69) is 216 Å². The minimum Gasteiger partial charge on any atom is -0.310 e. The molecule has 0 spiro atoms. The predicted octanol–water partition coefficient (Wildman–Crippen LogP) is 15.1. The lowest BCUT2D eigenvalue weighted by Gasteiger charge is -2.26. The number of para-hydroxylation sites is 2. The van der Waals surface area contributed by atoms with Crippen LogP contribution in [0.3, 0.4) is 0 Å². The second kappa shape index (κ2) is 12.9. The molecule has 11 aromatic rings. The number of nitrogens with zero attached hydrogens (tertiary/aromatic N) is 2. The third-order valence-electron chi connectivity index (χ3n) is 10.9. The first kappa shape index (κ1) is 31.6. The van der Waals surface area contributed by atoms with Crippen molar-refractivity contribution in [2.45, 2.75) is 0 Å². The number of fused-ring (bicyclic) bond motifs is 8. The Hall–Kier alpha value is -6.94. The first-order valence-corrected chi connectivity index (χ1v) is 19.6. The van der Waals surface area contributed by atoms with Gasteiger partial charge in [-0.1, -0.05) is 121 Å². The number of thiophene rings is 1. The molecule has 0 saturated heterocycles. The summed E-state index contributed by atoms with van der Waals surface area (Å²) in [5.74, 6) is 0. The van der Waals surface area contributed by atoms with E-state index in [1.54, 1.807) is 0 Å². The fourth-order valence-corrected chi connectivity index (χ4v) is 9.50. The standard InChI is InChI=1S/C52H34N2S/c1-4-13-35(14-5-1)36-23-27-42(28-24-36)53(40-16-6-2-7-17-40)43-20-12-15-37(31-43)38-25-29-48-46(32-38)47-33-39-26-30-51-52(44-21-10-11-22-50(44)55-51)45(39)34-49(47)54(48)41-18-8-3-9-19-41/h1-34H. The average Bonchev–Trinajstić information content (AvgIpc) is 3.80. The minimum absolute atomic E-state index is 1.11. The lowest BCUT2D eigenvalue weighted by atomic mass is 9.99. The molecule has 0 saturated carbocycles. The van der Waals surface area contributed by atoms with Crippen LogP contribution in [-0.2, 0) is 0 Å². The summed E-state index contributed by atoms with van der Waals surface area (Å²) in [6.07, 6.45) is 0. The van der Waals surface area contributed by atoms with Crippen molar-refractivity contribution in [1.82, 2.24) is 4.57 Å². The third kappa shape index (κ3) is 5.32. The monoisotopic (exact) mass is 718 g/mol. The number of rotatable bonds is 6. The SMILES string of the molecule is c1ccc(-c2ccc(N(c3ccccc3)c3cccc(-c4ccc5c(c4)c4cc6ccc7sc8ccccc8c7c6cc4n5-c4ccccc4)c3)cc2)cc1. The Morgan fingerprint density at radius 3 is 1.78 bits per heavy atom. The highest BCUT2D eigenvalue weighted by molar-refractivity contribution is 7.26. The molecule has 0 N–H and O–H groups in total. The van der Waals surface area contributed by atoms with Gasteiger partial charge in [0, 0.05) is 53.7 Å². The van der Waals surface area contributed by atoms with E-state index in [-0.39, 0.29) is 0 Å². The Bertz CT molecular complexity index is 3180. The Kier molecular flexibility index (Phi) is 7.39. The van der Waals surface area contributed by atoms with Gasteiger partial charge >= 0.3 is 0 Å². The first-order chi connectivity index (χ1) is 27.3. The lowest BCUT2D eigenvalue weighted by Crippen LogP contribution is -2.09. The lowest BCUT2D eigenvalue weighted by molar-refractivity contribution is 1.18. The van der Waals surface area contributed by atoms with Crippen LogP contribution in [0.1, 0.15) is 0 Å². The summed E-state index contributed by atoms with van der Waals surface area (Å²) in [4.78, 5) is 2.35. The van der Waals surface area contributed by atoms with E-state index in [1.807, 2.05) is 11.3 Å². The molecule has 0 amide bonds. The van der Waals surface area contributed by atoms with Gasteiger partial charge in [-0.05, 0) is 118 Å². The Morgan fingerprint density at radius 1 is 0.345 bits per heavy atom. The molecule has 11 rings (SSSR count). The molecular weight excluding hydrogens is 685 g/mol. The van der Waals surface area contributed by atoms with Gasteiger partial charge in [-0.2, -0.15) is 0 Å². The molecule has 0 aliphatic carbocycles. The van der Waals surface area contributed by atoms with Gasteiger partial charge in [0.2, 0.25) is 0 Å². The topological polar surface area (TPSA) is 8.17 Å². The second-order valence-electron chi connectivity index (χ2n) is 14.2. The first-order valence-electron chi connectivity index (χ1n) is 18.8. The maximum absolute atomic E-state index is 2.44. The molecule has 258 valence electrons. The molecule has 0 unspecified atom stereocenters. The van der Waals surface area contributed by atoms with Gasteiger partial charge < -0.3 is 9.47 Å². The summed E-state index contributed by atoms with van der Waals surface area (Å²) >= 11 is 1.88. The molecule has 3 heteroatoms. The van der Waals surface area contributed by atoms with E-state index in [4.69, 9.17) is 0 Å². The number of hydrogen-bond acceptors (Lipinski definition) is 2. The highest BCUT2D eigenvalue weighted by Crippen LogP contribution is 2.43. The predicted molar refractivity (Wildman–Crippen MR) is 237 cm³/mol. The highest BCUT2D eigenvalue weighted by atomic mass is 32.1. The summed E-state index contributed by atoms with van der Waals surface area (Å²) in [5, 5.41) is 7.74. The van der Waals surface area contributed by atoms with Crippen LogP contribution >= 0.6 is 11.3 Å². The van der Waals surface area contributed by atoms with Crippen molar-refractivity contribution >= 4 is 81.1 Å². The number of benzene rings is 9. The zero-order valence-corrected chi connectivity index (χ0v) is 30.7. The minimum atomic E-state index is 1.11. The van der Waals surface area contributed by atoms with Crippen molar-refractivity contribution in [2.24, 2.45) is 0 Å². The van der Waals surface area contributed by atoms with E-state index in [1.165, 1.54) is 75.0 Å². The van der Waals surface area contributed by atoms with Crippen LogP contribution in [0.4, 0.5) is 17.1 Å². The van der Waals surface area contributed by atoms with Gasteiger partial charge in [0.25, 0.3) is 0 Å². The van der Waals surface area contributed by atoms with E-state index in [0.717, 1.165) is 22.7 Å². The van der Waals surface area contributed by atoms with Crippen molar-refractivity contribution in [3.05, 3.63) is 206 Å². The fraction of sp³-hybridized carbons (Fsp3) is 0. The molecule has 0 radical (unpaired) electrons. The van der Waals surface area contributed by atoms with Crippen LogP contribution in [0.5, 0.6) is 0 Å². The number of aromatic nitrogens is 1. The van der Waals surface area contributed by atoms with Crippen molar-refractivity contribution in [3.8, 4) is 27.9 Å². The second-order valence-corrected chi connectivity index (χ2v) is 15.2. The highest BCUT2D eigenvalue weighted by Gasteiger charge is 2.18.